The lowest BCUT2D eigenvalue weighted by Crippen LogP contribution is -1.98. The van der Waals surface area contributed by atoms with Crippen LogP contribution in [0.25, 0.3) is 17.2 Å². The van der Waals surface area contributed by atoms with E-state index in [4.69, 9.17) is 4.74 Å². The largest absolute Gasteiger partial charge is 0.463 e. The van der Waals surface area contributed by atoms with E-state index in [1.54, 1.807) is 13.0 Å². The number of anilines is 1. The van der Waals surface area contributed by atoms with Crippen molar-refractivity contribution < 1.29 is 9.53 Å². The number of ether oxygens (including phenoxy) is 1. The minimum absolute atomic E-state index is 0.316. The molecule has 0 bridgehead atoms. The third-order valence-corrected chi connectivity index (χ3v) is 3.09. The molecular weight excluding hydrogens is 262 g/mol. The van der Waals surface area contributed by atoms with E-state index in [0.717, 1.165) is 22.4 Å². The van der Waals surface area contributed by atoms with Crippen molar-refractivity contribution in [2.45, 2.75) is 6.92 Å². The number of nitrogens with one attached hydrogen (secondary N) is 1. The molecule has 0 aliphatic rings. The quantitative estimate of drug-likeness (QED) is 0.665. The average Bonchev–Trinajstić information content (AvgIpc) is 2.54. The molecular formula is C18H19NO2. The van der Waals surface area contributed by atoms with E-state index >= 15 is 0 Å². The van der Waals surface area contributed by atoms with Gasteiger partial charge in [-0.25, -0.2) is 4.79 Å². The van der Waals surface area contributed by atoms with E-state index in [2.05, 4.69) is 17.4 Å². The maximum Gasteiger partial charge on any atom is 0.330 e. The normalized spacial score (nSPS) is 10.6. The summed E-state index contributed by atoms with van der Waals surface area (Å²) < 4.78 is 4.85. The number of esters is 1. The summed E-state index contributed by atoms with van der Waals surface area (Å²) in [5, 5.41) is 3.13. The molecule has 0 radical (unpaired) electrons. The van der Waals surface area contributed by atoms with E-state index < -0.39 is 0 Å². The van der Waals surface area contributed by atoms with Crippen molar-refractivity contribution in [3.63, 3.8) is 0 Å². The Balaban J connectivity index is 2.13. The summed E-state index contributed by atoms with van der Waals surface area (Å²) in [6.07, 6.45) is 3.20. The maximum absolute atomic E-state index is 11.3. The van der Waals surface area contributed by atoms with Crippen LogP contribution in [0, 0.1) is 0 Å². The summed E-state index contributed by atoms with van der Waals surface area (Å²) in [7, 11) is 1.91. The molecule has 21 heavy (non-hydrogen) atoms. The zero-order chi connectivity index (χ0) is 15.1. The average molecular weight is 281 g/mol. The molecule has 2 aromatic carbocycles. The molecule has 3 heteroatoms. The van der Waals surface area contributed by atoms with Gasteiger partial charge in [0.25, 0.3) is 0 Å². The first-order valence-electron chi connectivity index (χ1n) is 6.96. The molecule has 2 aromatic rings. The third-order valence-electron chi connectivity index (χ3n) is 3.09. The molecule has 1 N–H and O–H groups in total. The van der Waals surface area contributed by atoms with Crippen molar-refractivity contribution in [1.29, 1.82) is 0 Å². The molecule has 0 spiro atoms. The summed E-state index contributed by atoms with van der Waals surface area (Å²) in [6.45, 7) is 2.18. The first kappa shape index (κ1) is 14.9. The molecule has 0 saturated heterocycles. The van der Waals surface area contributed by atoms with Crippen LogP contribution in [-0.4, -0.2) is 19.6 Å². The van der Waals surface area contributed by atoms with Gasteiger partial charge in [-0.3, -0.25) is 0 Å². The molecule has 0 aliphatic heterocycles. The van der Waals surface area contributed by atoms with Crippen molar-refractivity contribution >= 4 is 17.7 Å². The number of hydrogen-bond donors (Lipinski definition) is 1. The van der Waals surface area contributed by atoms with Crippen LogP contribution in [0.2, 0.25) is 0 Å². The van der Waals surface area contributed by atoms with Crippen LogP contribution in [0.15, 0.2) is 54.6 Å². The Labute approximate surface area is 125 Å². The summed E-state index contributed by atoms with van der Waals surface area (Å²) in [4.78, 5) is 11.3. The number of carbonyl (C=O) groups is 1. The van der Waals surface area contributed by atoms with Gasteiger partial charge in [0.2, 0.25) is 0 Å². The minimum atomic E-state index is -0.316. The Bertz CT molecular complexity index is 630. The molecule has 108 valence electrons. The number of benzene rings is 2. The topological polar surface area (TPSA) is 38.3 Å². The van der Waals surface area contributed by atoms with Crippen LogP contribution in [0.1, 0.15) is 12.5 Å². The highest BCUT2D eigenvalue weighted by Gasteiger charge is 1.99. The van der Waals surface area contributed by atoms with Crippen molar-refractivity contribution in [2.24, 2.45) is 0 Å². The monoisotopic (exact) mass is 281 g/mol. The van der Waals surface area contributed by atoms with E-state index in [1.165, 1.54) is 6.08 Å². The van der Waals surface area contributed by atoms with Crippen LogP contribution >= 0.6 is 0 Å². The van der Waals surface area contributed by atoms with E-state index in [9.17, 15) is 4.79 Å². The highest BCUT2D eigenvalue weighted by molar-refractivity contribution is 5.87. The van der Waals surface area contributed by atoms with Gasteiger partial charge in [-0.15, -0.1) is 0 Å². The van der Waals surface area contributed by atoms with Gasteiger partial charge in [0.05, 0.1) is 6.61 Å². The minimum Gasteiger partial charge on any atom is -0.463 e. The highest BCUT2D eigenvalue weighted by Crippen LogP contribution is 2.23. The number of hydrogen-bond acceptors (Lipinski definition) is 3. The van der Waals surface area contributed by atoms with Crippen LogP contribution in [0.4, 0.5) is 5.69 Å². The van der Waals surface area contributed by atoms with E-state index in [0.29, 0.717) is 6.61 Å². The van der Waals surface area contributed by atoms with Gasteiger partial charge in [0.15, 0.2) is 0 Å². The van der Waals surface area contributed by atoms with E-state index in [-0.39, 0.29) is 5.97 Å². The number of carbonyl (C=O) groups excluding carboxylic acids is 1. The lowest BCUT2D eigenvalue weighted by Gasteiger charge is -2.05. The second-order valence-corrected chi connectivity index (χ2v) is 4.54. The van der Waals surface area contributed by atoms with Crippen molar-refractivity contribution in [1.82, 2.24) is 0 Å². The first-order valence-corrected chi connectivity index (χ1v) is 6.96. The Kier molecular flexibility index (Phi) is 5.16. The SMILES string of the molecule is CCOC(=O)C=Cc1ccc(-c2cccc(NC)c2)cc1. The summed E-state index contributed by atoms with van der Waals surface area (Å²) in [6, 6.07) is 16.3. The van der Waals surface area contributed by atoms with Gasteiger partial charge in [-0.05, 0) is 41.8 Å². The molecule has 2 rings (SSSR count). The smallest absolute Gasteiger partial charge is 0.330 e. The fraction of sp³-hybridized carbons (Fsp3) is 0.167. The Morgan fingerprint density at radius 1 is 1.14 bits per heavy atom. The number of rotatable bonds is 5. The Hall–Kier alpha value is -2.55. The molecule has 0 saturated carbocycles. The van der Waals surface area contributed by atoms with Gasteiger partial charge < -0.3 is 10.1 Å². The predicted octanol–water partition coefficient (Wildman–Crippen LogP) is 3.97. The van der Waals surface area contributed by atoms with Gasteiger partial charge >= 0.3 is 5.97 Å². The van der Waals surface area contributed by atoms with Crippen LogP contribution in [0.3, 0.4) is 0 Å². The molecule has 0 amide bonds. The zero-order valence-electron chi connectivity index (χ0n) is 12.3. The lowest BCUT2D eigenvalue weighted by molar-refractivity contribution is -0.137. The van der Waals surface area contributed by atoms with Gasteiger partial charge in [-0.2, -0.15) is 0 Å². The Morgan fingerprint density at radius 3 is 2.57 bits per heavy atom. The molecule has 0 unspecified atom stereocenters. The van der Waals surface area contributed by atoms with Gasteiger partial charge in [0, 0.05) is 18.8 Å². The summed E-state index contributed by atoms with van der Waals surface area (Å²) in [5.74, 6) is -0.316. The highest BCUT2D eigenvalue weighted by atomic mass is 16.5. The standard InChI is InChI=1S/C18H19NO2/c1-3-21-18(20)12-9-14-7-10-15(11-8-14)16-5-4-6-17(13-16)19-2/h4-13,19H,3H2,1-2H3. The van der Waals surface area contributed by atoms with Crippen molar-refractivity contribution in [2.75, 3.05) is 19.0 Å². The predicted molar refractivity (Wildman–Crippen MR) is 87.1 cm³/mol. The van der Waals surface area contributed by atoms with Crippen molar-refractivity contribution in [3.05, 3.63) is 60.2 Å². The molecule has 0 heterocycles. The first-order chi connectivity index (χ1) is 10.2. The maximum atomic E-state index is 11.3. The van der Waals surface area contributed by atoms with Gasteiger partial charge in [-0.1, -0.05) is 36.4 Å². The molecule has 0 aliphatic carbocycles. The van der Waals surface area contributed by atoms with Gasteiger partial charge in [0.1, 0.15) is 0 Å². The second-order valence-electron chi connectivity index (χ2n) is 4.54. The van der Waals surface area contributed by atoms with Crippen molar-refractivity contribution in [3.8, 4) is 11.1 Å². The Morgan fingerprint density at radius 2 is 1.90 bits per heavy atom. The molecule has 3 nitrogen and oxygen atoms in total. The van der Waals surface area contributed by atoms with Crippen LogP contribution < -0.4 is 5.32 Å². The van der Waals surface area contributed by atoms with Crippen LogP contribution in [-0.2, 0) is 9.53 Å². The molecule has 0 fully saturated rings. The third kappa shape index (κ3) is 4.21. The lowest BCUT2D eigenvalue weighted by atomic mass is 10.0. The fourth-order valence-electron chi connectivity index (χ4n) is 2.00. The van der Waals surface area contributed by atoms with E-state index in [1.807, 2.05) is 43.4 Å². The second kappa shape index (κ2) is 7.29. The zero-order valence-corrected chi connectivity index (χ0v) is 12.3. The van der Waals surface area contributed by atoms with Crippen LogP contribution in [0.5, 0.6) is 0 Å². The summed E-state index contributed by atoms with van der Waals surface area (Å²) in [5.41, 5.74) is 4.35. The fourth-order valence-corrected chi connectivity index (χ4v) is 2.00. The summed E-state index contributed by atoms with van der Waals surface area (Å²) >= 11 is 0. The molecule has 0 aromatic heterocycles. The molecule has 0 atom stereocenters.